The second-order valence-electron chi connectivity index (χ2n) is 4.68. The molecule has 6 heteroatoms. The molecule has 0 aliphatic heterocycles. The van der Waals surface area contributed by atoms with Gasteiger partial charge in [-0.1, -0.05) is 18.2 Å². The summed E-state index contributed by atoms with van der Waals surface area (Å²) in [6.45, 7) is 0. The fourth-order valence-corrected chi connectivity index (χ4v) is 2.19. The lowest BCUT2D eigenvalue weighted by Gasteiger charge is -2.04. The Morgan fingerprint density at radius 2 is 1.73 bits per heavy atom. The third kappa shape index (κ3) is 2.42. The Bertz CT molecular complexity index is 869. The van der Waals surface area contributed by atoms with Crippen molar-refractivity contribution in [2.75, 3.05) is 5.32 Å². The Labute approximate surface area is 124 Å². The average Bonchev–Trinajstić information content (AvgIpc) is 2.84. The summed E-state index contributed by atoms with van der Waals surface area (Å²) in [5, 5.41) is 12.7. The number of para-hydroxylation sites is 1. The number of fused-ring (bicyclic) bond motifs is 1. The van der Waals surface area contributed by atoms with Gasteiger partial charge in [-0.15, -0.1) is 0 Å². The van der Waals surface area contributed by atoms with E-state index in [4.69, 9.17) is 0 Å². The van der Waals surface area contributed by atoms with Crippen LogP contribution in [0.5, 0.6) is 5.88 Å². The van der Waals surface area contributed by atoms with Gasteiger partial charge in [-0.2, -0.15) is 0 Å². The van der Waals surface area contributed by atoms with E-state index in [0.29, 0.717) is 16.6 Å². The zero-order valence-electron chi connectivity index (χ0n) is 11.3. The maximum atomic E-state index is 12.8. The molecule has 0 aliphatic rings. The van der Waals surface area contributed by atoms with Crippen LogP contribution in [0.2, 0.25) is 0 Å². The average molecular weight is 298 g/mol. The number of aromatic hydroxyl groups is 1. The molecule has 110 valence electrons. The Kier molecular flexibility index (Phi) is 3.34. The number of amides is 1. The number of aromatic amines is 1. The van der Waals surface area contributed by atoms with Crippen LogP contribution >= 0.6 is 0 Å². The van der Waals surface area contributed by atoms with E-state index in [1.807, 2.05) is 0 Å². The lowest BCUT2D eigenvalue weighted by molar-refractivity contribution is -0.112. The Balaban J connectivity index is 1.90. The van der Waals surface area contributed by atoms with Gasteiger partial charge in [-0.3, -0.25) is 9.59 Å². The molecule has 2 aromatic carbocycles. The highest BCUT2D eigenvalue weighted by Gasteiger charge is 2.24. The van der Waals surface area contributed by atoms with Gasteiger partial charge in [0.1, 0.15) is 5.82 Å². The SMILES string of the molecule is O=C(Nc1ccc(F)cc1)C(=O)c1c(O)[nH]c2ccccc12. The summed E-state index contributed by atoms with van der Waals surface area (Å²) >= 11 is 0. The predicted octanol–water partition coefficient (Wildman–Crippen LogP) is 2.83. The normalized spacial score (nSPS) is 10.6. The number of aromatic nitrogens is 1. The smallest absolute Gasteiger partial charge is 0.297 e. The van der Waals surface area contributed by atoms with Crippen LogP contribution in [0.15, 0.2) is 48.5 Å². The number of carbonyl (C=O) groups excluding carboxylic acids is 2. The van der Waals surface area contributed by atoms with E-state index in [0.717, 1.165) is 0 Å². The van der Waals surface area contributed by atoms with Gasteiger partial charge < -0.3 is 15.4 Å². The molecular weight excluding hydrogens is 287 g/mol. The van der Waals surface area contributed by atoms with Crippen LogP contribution in [-0.4, -0.2) is 21.8 Å². The highest BCUT2D eigenvalue weighted by Crippen LogP contribution is 2.27. The molecule has 1 aromatic heterocycles. The first-order chi connectivity index (χ1) is 10.6. The second kappa shape index (κ2) is 5.33. The number of hydrogen-bond donors (Lipinski definition) is 3. The van der Waals surface area contributed by atoms with Gasteiger partial charge in [0.15, 0.2) is 0 Å². The monoisotopic (exact) mass is 298 g/mol. The Morgan fingerprint density at radius 1 is 1.05 bits per heavy atom. The summed E-state index contributed by atoms with van der Waals surface area (Å²) in [4.78, 5) is 26.9. The van der Waals surface area contributed by atoms with Crippen molar-refractivity contribution in [1.82, 2.24) is 4.98 Å². The standard InChI is InChI=1S/C16H11FN2O3/c17-9-5-7-10(8-6-9)18-16(22)14(20)13-11-3-1-2-4-12(11)19-15(13)21/h1-8,19,21H,(H,18,22). The molecule has 0 aliphatic carbocycles. The fourth-order valence-electron chi connectivity index (χ4n) is 2.19. The number of Topliss-reactive ketones (excluding diaryl/α,β-unsaturated/α-hetero) is 1. The van der Waals surface area contributed by atoms with Crippen LogP contribution in [0, 0.1) is 5.82 Å². The van der Waals surface area contributed by atoms with Gasteiger partial charge in [0, 0.05) is 16.6 Å². The fraction of sp³-hybridized carbons (Fsp3) is 0. The number of benzene rings is 2. The summed E-state index contributed by atoms with van der Waals surface area (Å²) in [6.07, 6.45) is 0. The van der Waals surface area contributed by atoms with Crippen LogP contribution in [-0.2, 0) is 4.79 Å². The number of nitrogens with one attached hydrogen (secondary N) is 2. The number of anilines is 1. The first-order valence-electron chi connectivity index (χ1n) is 6.47. The molecular formula is C16H11FN2O3. The molecule has 22 heavy (non-hydrogen) atoms. The molecule has 0 radical (unpaired) electrons. The van der Waals surface area contributed by atoms with E-state index in [2.05, 4.69) is 10.3 Å². The van der Waals surface area contributed by atoms with Crippen molar-refractivity contribution >= 4 is 28.3 Å². The molecule has 3 rings (SSSR count). The maximum absolute atomic E-state index is 12.8. The predicted molar refractivity (Wildman–Crippen MR) is 79.3 cm³/mol. The van der Waals surface area contributed by atoms with E-state index in [1.54, 1.807) is 24.3 Å². The highest BCUT2D eigenvalue weighted by molar-refractivity contribution is 6.49. The third-order valence-corrected chi connectivity index (χ3v) is 3.22. The third-order valence-electron chi connectivity index (χ3n) is 3.22. The molecule has 0 bridgehead atoms. The first-order valence-corrected chi connectivity index (χ1v) is 6.47. The van der Waals surface area contributed by atoms with Crippen LogP contribution in [0.4, 0.5) is 10.1 Å². The topological polar surface area (TPSA) is 82.2 Å². The number of H-pyrrole nitrogens is 1. The van der Waals surface area contributed by atoms with Gasteiger partial charge in [-0.25, -0.2) is 4.39 Å². The number of halogens is 1. The lowest BCUT2D eigenvalue weighted by Crippen LogP contribution is -2.22. The van der Waals surface area contributed by atoms with E-state index in [-0.39, 0.29) is 11.4 Å². The molecule has 3 N–H and O–H groups in total. The second-order valence-corrected chi connectivity index (χ2v) is 4.68. The van der Waals surface area contributed by atoms with Crippen LogP contribution in [0.1, 0.15) is 10.4 Å². The van der Waals surface area contributed by atoms with Crippen LogP contribution in [0.25, 0.3) is 10.9 Å². The molecule has 0 saturated heterocycles. The van der Waals surface area contributed by atoms with Crippen molar-refractivity contribution < 1.29 is 19.1 Å². The minimum atomic E-state index is -0.910. The Morgan fingerprint density at radius 3 is 2.45 bits per heavy atom. The van der Waals surface area contributed by atoms with Crippen molar-refractivity contribution in [3.8, 4) is 5.88 Å². The van der Waals surface area contributed by atoms with Crippen molar-refractivity contribution in [2.24, 2.45) is 0 Å². The molecule has 0 atom stereocenters. The number of rotatable bonds is 3. The van der Waals surface area contributed by atoms with Crippen molar-refractivity contribution in [2.45, 2.75) is 0 Å². The van der Waals surface area contributed by atoms with Gasteiger partial charge >= 0.3 is 0 Å². The molecule has 5 nitrogen and oxygen atoms in total. The first kappa shape index (κ1) is 13.8. The van der Waals surface area contributed by atoms with Crippen molar-refractivity contribution in [1.29, 1.82) is 0 Å². The molecule has 0 spiro atoms. The summed E-state index contributed by atoms with van der Waals surface area (Å²) in [5.74, 6) is -2.59. The van der Waals surface area contributed by atoms with Gasteiger partial charge in [-0.05, 0) is 30.3 Å². The molecule has 0 unspecified atom stereocenters. The van der Waals surface area contributed by atoms with E-state index in [1.165, 1.54) is 24.3 Å². The molecule has 0 fully saturated rings. The van der Waals surface area contributed by atoms with E-state index >= 15 is 0 Å². The Hall–Kier alpha value is -3.15. The molecule has 3 aromatic rings. The lowest BCUT2D eigenvalue weighted by atomic mass is 10.1. The maximum Gasteiger partial charge on any atom is 0.297 e. The molecule has 0 saturated carbocycles. The van der Waals surface area contributed by atoms with E-state index in [9.17, 15) is 19.1 Å². The minimum Gasteiger partial charge on any atom is -0.494 e. The number of carbonyl (C=O) groups is 2. The minimum absolute atomic E-state index is 0.0878. The molecule has 1 amide bonds. The van der Waals surface area contributed by atoms with Crippen LogP contribution in [0.3, 0.4) is 0 Å². The highest BCUT2D eigenvalue weighted by atomic mass is 19.1. The van der Waals surface area contributed by atoms with Gasteiger partial charge in [0.05, 0.1) is 5.56 Å². The summed E-state index contributed by atoms with van der Waals surface area (Å²) < 4.78 is 12.8. The zero-order chi connectivity index (χ0) is 15.7. The van der Waals surface area contributed by atoms with Crippen molar-refractivity contribution in [3.05, 3.63) is 59.9 Å². The number of ketones is 1. The summed E-state index contributed by atoms with van der Waals surface area (Å²) in [5.41, 5.74) is 0.757. The van der Waals surface area contributed by atoms with E-state index < -0.39 is 17.5 Å². The van der Waals surface area contributed by atoms with Crippen molar-refractivity contribution in [3.63, 3.8) is 0 Å². The molecule has 1 heterocycles. The summed E-state index contributed by atoms with van der Waals surface area (Å²) in [7, 11) is 0. The van der Waals surface area contributed by atoms with Gasteiger partial charge in [0.2, 0.25) is 5.88 Å². The van der Waals surface area contributed by atoms with Crippen LogP contribution < -0.4 is 5.32 Å². The zero-order valence-corrected chi connectivity index (χ0v) is 11.3. The summed E-state index contributed by atoms with van der Waals surface area (Å²) in [6, 6.07) is 11.8. The number of hydrogen-bond acceptors (Lipinski definition) is 3. The van der Waals surface area contributed by atoms with Gasteiger partial charge in [0.25, 0.3) is 11.7 Å². The largest absolute Gasteiger partial charge is 0.494 e. The quantitative estimate of drug-likeness (QED) is 0.513.